The van der Waals surface area contributed by atoms with Crippen molar-refractivity contribution in [3.63, 3.8) is 0 Å². The Morgan fingerprint density at radius 1 is 0.968 bits per heavy atom. The van der Waals surface area contributed by atoms with Gasteiger partial charge in [0, 0.05) is 38.7 Å². The third-order valence-corrected chi connectivity index (χ3v) is 6.24. The Morgan fingerprint density at radius 2 is 1.68 bits per heavy atom. The molecule has 5 nitrogen and oxygen atoms in total. The summed E-state index contributed by atoms with van der Waals surface area (Å²) in [4.78, 5) is 30.2. The van der Waals surface area contributed by atoms with Crippen LogP contribution in [0.3, 0.4) is 0 Å². The summed E-state index contributed by atoms with van der Waals surface area (Å²) in [6.07, 6.45) is 1.97. The van der Waals surface area contributed by atoms with Crippen molar-refractivity contribution in [2.24, 2.45) is 11.3 Å². The second-order valence-electron chi connectivity index (χ2n) is 9.05. The summed E-state index contributed by atoms with van der Waals surface area (Å²) < 4.78 is 0. The molecular weight excluding hydrogens is 406 g/mol. The largest absolute Gasteiger partial charge is 0.326 e. The second kappa shape index (κ2) is 8.27. The van der Waals surface area contributed by atoms with Crippen LogP contribution in [0.1, 0.15) is 38.5 Å². The highest BCUT2D eigenvalue weighted by Gasteiger charge is 2.29. The van der Waals surface area contributed by atoms with Crippen LogP contribution in [-0.4, -0.2) is 16.8 Å². The van der Waals surface area contributed by atoms with Crippen LogP contribution in [0.2, 0.25) is 0 Å². The maximum absolute atomic E-state index is 12.2. The Morgan fingerprint density at radius 3 is 2.32 bits per heavy atom. The number of hydrogen-bond acceptors (Lipinski definition) is 4. The molecule has 4 rings (SSSR count). The van der Waals surface area contributed by atoms with E-state index in [9.17, 15) is 9.59 Å². The van der Waals surface area contributed by atoms with E-state index < -0.39 is 5.41 Å². The van der Waals surface area contributed by atoms with Gasteiger partial charge in [0.1, 0.15) is 5.01 Å². The first-order valence-corrected chi connectivity index (χ1v) is 11.3. The molecule has 2 amide bonds. The van der Waals surface area contributed by atoms with Crippen LogP contribution in [0, 0.1) is 18.3 Å². The minimum absolute atomic E-state index is 0.0129. The van der Waals surface area contributed by atoms with E-state index in [-0.39, 0.29) is 17.7 Å². The van der Waals surface area contributed by atoms with Crippen molar-refractivity contribution in [1.29, 1.82) is 0 Å². The summed E-state index contributed by atoms with van der Waals surface area (Å²) in [6, 6.07) is 15.6. The molecule has 0 spiro atoms. The fourth-order valence-corrected chi connectivity index (χ4v) is 4.07. The van der Waals surface area contributed by atoms with Gasteiger partial charge in [-0.25, -0.2) is 4.98 Å². The lowest BCUT2D eigenvalue weighted by Gasteiger charge is -2.17. The maximum atomic E-state index is 12.2. The third kappa shape index (κ3) is 5.02. The normalized spacial score (nSPS) is 13.7. The second-order valence-corrected chi connectivity index (χ2v) is 10.3. The number of nitrogens with one attached hydrogen (secondary N) is 2. The van der Waals surface area contributed by atoms with E-state index in [4.69, 9.17) is 4.98 Å². The van der Waals surface area contributed by atoms with Gasteiger partial charge in [0.05, 0.1) is 5.69 Å². The first-order chi connectivity index (χ1) is 14.7. The van der Waals surface area contributed by atoms with Gasteiger partial charge < -0.3 is 10.6 Å². The first-order valence-electron chi connectivity index (χ1n) is 10.5. The number of aryl methyl sites for hydroxylation is 1. The van der Waals surface area contributed by atoms with E-state index >= 15 is 0 Å². The Hall–Kier alpha value is -2.99. The van der Waals surface area contributed by atoms with Crippen LogP contribution >= 0.6 is 11.3 Å². The summed E-state index contributed by atoms with van der Waals surface area (Å²) in [6.45, 7) is 7.74. The zero-order chi connectivity index (χ0) is 22.2. The van der Waals surface area contributed by atoms with Crippen molar-refractivity contribution >= 4 is 34.5 Å². The molecule has 160 valence electrons. The number of aromatic nitrogens is 1. The highest BCUT2D eigenvalue weighted by atomic mass is 32.1. The average Bonchev–Trinajstić information content (AvgIpc) is 3.50. The Balaban J connectivity index is 1.52. The number of hydrogen-bond donors (Lipinski definition) is 2. The monoisotopic (exact) mass is 433 g/mol. The van der Waals surface area contributed by atoms with Crippen molar-refractivity contribution < 1.29 is 9.59 Å². The maximum Gasteiger partial charge on any atom is 0.229 e. The van der Waals surface area contributed by atoms with E-state index in [1.165, 1.54) is 0 Å². The standard InChI is InChI=1S/C25H27N3O2S/c1-15-21(16-10-12-19(13-11-16)27-24(30)25(2,3)4)28-23(31-15)18-6-5-7-20(14-18)26-22(29)17-8-9-17/h5-7,10-14,17H,8-9H2,1-4H3,(H,26,29)(H,27,30). The predicted octanol–water partition coefficient (Wildman–Crippen LogP) is 6.12. The molecule has 1 saturated carbocycles. The number of anilines is 2. The quantitative estimate of drug-likeness (QED) is 0.509. The number of carbonyl (C=O) groups excluding carboxylic acids is 2. The van der Waals surface area contributed by atoms with Crippen LogP contribution in [-0.2, 0) is 9.59 Å². The molecule has 0 bridgehead atoms. The van der Waals surface area contributed by atoms with Gasteiger partial charge in [-0.1, -0.05) is 45.0 Å². The van der Waals surface area contributed by atoms with Crippen LogP contribution in [0.15, 0.2) is 48.5 Å². The highest BCUT2D eigenvalue weighted by Crippen LogP contribution is 2.35. The molecule has 1 aromatic heterocycles. The molecule has 1 heterocycles. The van der Waals surface area contributed by atoms with Crippen LogP contribution < -0.4 is 10.6 Å². The Bertz CT molecular complexity index is 1120. The third-order valence-electron chi connectivity index (χ3n) is 5.22. The van der Waals surface area contributed by atoms with Gasteiger partial charge in [0.25, 0.3) is 0 Å². The van der Waals surface area contributed by atoms with Gasteiger partial charge in [-0.05, 0) is 44.0 Å². The van der Waals surface area contributed by atoms with E-state index in [1.807, 2.05) is 69.3 Å². The van der Waals surface area contributed by atoms with Crippen molar-refractivity contribution in [3.05, 3.63) is 53.4 Å². The fraction of sp³-hybridized carbons (Fsp3) is 0.320. The van der Waals surface area contributed by atoms with Gasteiger partial charge in [0.15, 0.2) is 0 Å². The number of carbonyl (C=O) groups is 2. The molecule has 0 saturated heterocycles. The van der Waals surface area contributed by atoms with Gasteiger partial charge in [-0.3, -0.25) is 9.59 Å². The lowest BCUT2D eigenvalue weighted by Crippen LogP contribution is -2.27. The van der Waals surface area contributed by atoms with E-state index in [1.54, 1.807) is 11.3 Å². The molecule has 2 aromatic carbocycles. The summed E-state index contributed by atoms with van der Waals surface area (Å²) in [5.41, 5.74) is 4.07. The smallest absolute Gasteiger partial charge is 0.229 e. The lowest BCUT2D eigenvalue weighted by atomic mass is 9.95. The Labute approximate surface area is 186 Å². The van der Waals surface area contributed by atoms with E-state index in [0.29, 0.717) is 0 Å². The van der Waals surface area contributed by atoms with Crippen molar-refractivity contribution in [2.45, 2.75) is 40.5 Å². The molecule has 1 fully saturated rings. The summed E-state index contributed by atoms with van der Waals surface area (Å²) in [5.74, 6) is 0.265. The van der Waals surface area contributed by atoms with Crippen LogP contribution in [0.4, 0.5) is 11.4 Å². The zero-order valence-electron chi connectivity index (χ0n) is 18.3. The van der Waals surface area contributed by atoms with Crippen molar-refractivity contribution in [3.8, 4) is 21.8 Å². The molecule has 6 heteroatoms. The average molecular weight is 434 g/mol. The van der Waals surface area contributed by atoms with Gasteiger partial charge in [0.2, 0.25) is 11.8 Å². The summed E-state index contributed by atoms with van der Waals surface area (Å²) in [7, 11) is 0. The zero-order valence-corrected chi connectivity index (χ0v) is 19.1. The molecule has 1 aliphatic carbocycles. The number of amides is 2. The molecule has 3 aromatic rings. The SMILES string of the molecule is Cc1sc(-c2cccc(NC(=O)C3CC3)c2)nc1-c1ccc(NC(=O)C(C)(C)C)cc1. The van der Waals surface area contributed by atoms with E-state index in [0.717, 1.165) is 50.9 Å². The van der Waals surface area contributed by atoms with Gasteiger partial charge >= 0.3 is 0 Å². The highest BCUT2D eigenvalue weighted by molar-refractivity contribution is 7.15. The van der Waals surface area contributed by atoms with E-state index in [2.05, 4.69) is 17.6 Å². The number of benzene rings is 2. The van der Waals surface area contributed by atoms with Crippen LogP contribution in [0.5, 0.6) is 0 Å². The minimum atomic E-state index is -0.439. The van der Waals surface area contributed by atoms with Crippen molar-refractivity contribution in [1.82, 2.24) is 4.98 Å². The van der Waals surface area contributed by atoms with Crippen LogP contribution in [0.25, 0.3) is 21.8 Å². The van der Waals surface area contributed by atoms with Crippen molar-refractivity contribution in [2.75, 3.05) is 10.6 Å². The lowest BCUT2D eigenvalue weighted by molar-refractivity contribution is -0.123. The topological polar surface area (TPSA) is 71.1 Å². The molecule has 0 atom stereocenters. The fourth-order valence-electron chi connectivity index (χ4n) is 3.14. The molecule has 0 radical (unpaired) electrons. The molecule has 0 unspecified atom stereocenters. The van der Waals surface area contributed by atoms with Gasteiger partial charge in [-0.15, -0.1) is 11.3 Å². The molecule has 1 aliphatic rings. The number of nitrogens with zero attached hydrogens (tertiary/aromatic N) is 1. The Kier molecular flexibility index (Phi) is 5.67. The molecule has 31 heavy (non-hydrogen) atoms. The first kappa shape index (κ1) is 21.2. The molecular formula is C25H27N3O2S. The van der Waals surface area contributed by atoms with Gasteiger partial charge in [-0.2, -0.15) is 0 Å². The molecule has 2 N–H and O–H groups in total. The molecule has 0 aliphatic heterocycles. The predicted molar refractivity (Wildman–Crippen MR) is 127 cm³/mol. The summed E-state index contributed by atoms with van der Waals surface area (Å²) >= 11 is 1.63. The number of rotatable bonds is 5. The number of thiazole rings is 1. The minimum Gasteiger partial charge on any atom is -0.326 e. The summed E-state index contributed by atoms with van der Waals surface area (Å²) in [5, 5.41) is 6.87.